The van der Waals surface area contributed by atoms with Crippen LogP contribution in [0.5, 0.6) is 0 Å². The van der Waals surface area contributed by atoms with Gasteiger partial charge in [-0.3, -0.25) is 4.68 Å². The molecule has 0 radical (unpaired) electrons. The Kier molecular flexibility index (Phi) is 3.94. The Labute approximate surface area is 97.1 Å². The maximum absolute atomic E-state index is 8.87. The first-order chi connectivity index (χ1) is 7.44. The smallest absolute Gasteiger partial charge is 0.148 e. The summed E-state index contributed by atoms with van der Waals surface area (Å²) in [6.07, 6.45) is 4.97. The molecule has 0 aliphatic rings. The van der Waals surface area contributed by atoms with E-state index in [-0.39, 0.29) is 5.41 Å². The van der Waals surface area contributed by atoms with Gasteiger partial charge in [0.1, 0.15) is 5.82 Å². The summed E-state index contributed by atoms with van der Waals surface area (Å²) in [7, 11) is 0. The van der Waals surface area contributed by atoms with Crippen LogP contribution in [-0.2, 0) is 6.54 Å². The molecule has 0 fully saturated rings. The van der Waals surface area contributed by atoms with Gasteiger partial charge in [-0.05, 0) is 33.6 Å². The maximum Gasteiger partial charge on any atom is 0.148 e. The summed E-state index contributed by atoms with van der Waals surface area (Å²) in [5.74, 6) is 0.609. The second-order valence-corrected chi connectivity index (χ2v) is 4.91. The number of anilines is 1. The van der Waals surface area contributed by atoms with Crippen molar-refractivity contribution in [2.75, 3.05) is 5.73 Å². The molecule has 88 valence electrons. The summed E-state index contributed by atoms with van der Waals surface area (Å²) in [5.41, 5.74) is 6.48. The number of nitrogen functional groups attached to an aromatic ring is 1. The molecule has 0 spiro atoms. The normalized spacial score (nSPS) is 11.4. The molecule has 4 nitrogen and oxygen atoms in total. The highest BCUT2D eigenvalue weighted by molar-refractivity contribution is 5.35. The second kappa shape index (κ2) is 5.02. The molecule has 4 heteroatoms. The lowest BCUT2D eigenvalue weighted by atomic mass is 9.89. The van der Waals surface area contributed by atoms with E-state index in [0.29, 0.717) is 5.82 Å². The molecule has 1 heterocycles. The van der Waals surface area contributed by atoms with Crippen molar-refractivity contribution in [3.8, 4) is 6.07 Å². The molecule has 0 bridgehead atoms. The highest BCUT2D eigenvalue weighted by Crippen LogP contribution is 2.21. The predicted octanol–water partition coefficient (Wildman–Crippen LogP) is 2.49. The average Bonchev–Trinajstić information content (AvgIpc) is 2.54. The molecule has 2 N–H and O–H groups in total. The third-order valence-corrected chi connectivity index (χ3v) is 2.72. The van der Waals surface area contributed by atoms with Crippen molar-refractivity contribution in [3.05, 3.63) is 11.8 Å². The van der Waals surface area contributed by atoms with Crippen LogP contribution in [0.25, 0.3) is 0 Å². The third-order valence-electron chi connectivity index (χ3n) is 2.72. The van der Waals surface area contributed by atoms with Crippen molar-refractivity contribution in [1.82, 2.24) is 9.78 Å². The lowest BCUT2D eigenvalue weighted by molar-refractivity contribution is 0.412. The van der Waals surface area contributed by atoms with Crippen LogP contribution in [0.4, 0.5) is 5.82 Å². The number of aryl methyl sites for hydroxylation is 2. The number of hydrogen-bond donors (Lipinski definition) is 1. The highest BCUT2D eigenvalue weighted by atomic mass is 15.3. The first-order valence-electron chi connectivity index (χ1n) is 5.65. The van der Waals surface area contributed by atoms with E-state index in [0.717, 1.165) is 31.4 Å². The van der Waals surface area contributed by atoms with Gasteiger partial charge in [0.2, 0.25) is 0 Å². The van der Waals surface area contributed by atoms with E-state index in [9.17, 15) is 0 Å². The number of hydrogen-bond acceptors (Lipinski definition) is 3. The minimum Gasteiger partial charge on any atom is -0.382 e. The van der Waals surface area contributed by atoms with Crippen LogP contribution in [0.2, 0.25) is 0 Å². The van der Waals surface area contributed by atoms with Gasteiger partial charge in [0.05, 0.1) is 11.5 Å². The predicted molar refractivity (Wildman–Crippen MR) is 64.6 cm³/mol. The van der Waals surface area contributed by atoms with Crippen molar-refractivity contribution in [2.45, 2.75) is 46.6 Å². The molecular formula is C12H20N4. The van der Waals surface area contributed by atoms with Gasteiger partial charge in [-0.2, -0.15) is 10.4 Å². The summed E-state index contributed by atoms with van der Waals surface area (Å²) in [6, 6.07) is 2.31. The number of nitrogens with two attached hydrogens (primary N) is 1. The lowest BCUT2D eigenvalue weighted by Gasteiger charge is -2.14. The fourth-order valence-corrected chi connectivity index (χ4v) is 1.55. The summed E-state index contributed by atoms with van der Waals surface area (Å²) >= 11 is 0. The zero-order valence-corrected chi connectivity index (χ0v) is 10.3. The molecule has 0 saturated carbocycles. The van der Waals surface area contributed by atoms with E-state index < -0.39 is 0 Å². The van der Waals surface area contributed by atoms with Gasteiger partial charge < -0.3 is 5.73 Å². The first kappa shape index (κ1) is 12.6. The molecule has 1 rings (SSSR count). The first-order valence-corrected chi connectivity index (χ1v) is 5.65. The fraction of sp³-hybridized carbons (Fsp3) is 0.667. The number of nitrogens with zero attached hydrogens (tertiary/aromatic N) is 3. The fourth-order valence-electron chi connectivity index (χ4n) is 1.55. The van der Waals surface area contributed by atoms with Crippen LogP contribution in [0.3, 0.4) is 0 Å². The topological polar surface area (TPSA) is 67.6 Å². The van der Waals surface area contributed by atoms with Gasteiger partial charge in [0.25, 0.3) is 0 Å². The Balaban J connectivity index is 2.29. The molecule has 0 aliphatic carbocycles. The molecule has 0 aliphatic heterocycles. The van der Waals surface area contributed by atoms with Crippen LogP contribution in [0.15, 0.2) is 6.20 Å². The van der Waals surface area contributed by atoms with Gasteiger partial charge in [-0.25, -0.2) is 0 Å². The Morgan fingerprint density at radius 2 is 2.19 bits per heavy atom. The number of rotatable bonds is 5. The molecule has 0 atom stereocenters. The standard InChI is InChI=1S/C12H20N4/c1-10-8-16(15-11(10)14)7-5-4-6-12(2,3)9-13/h8H,4-7H2,1-3H3,(H2,14,15). The molecule has 16 heavy (non-hydrogen) atoms. The van der Waals surface area contributed by atoms with E-state index in [1.807, 2.05) is 31.6 Å². The van der Waals surface area contributed by atoms with Gasteiger partial charge >= 0.3 is 0 Å². The Morgan fingerprint density at radius 3 is 2.69 bits per heavy atom. The van der Waals surface area contributed by atoms with E-state index in [1.165, 1.54) is 0 Å². The van der Waals surface area contributed by atoms with Crippen LogP contribution >= 0.6 is 0 Å². The van der Waals surface area contributed by atoms with Crippen molar-refractivity contribution in [2.24, 2.45) is 5.41 Å². The monoisotopic (exact) mass is 220 g/mol. The van der Waals surface area contributed by atoms with E-state index >= 15 is 0 Å². The van der Waals surface area contributed by atoms with Crippen LogP contribution in [0.1, 0.15) is 38.7 Å². The number of nitriles is 1. The molecular weight excluding hydrogens is 200 g/mol. The van der Waals surface area contributed by atoms with Crippen LogP contribution in [0, 0.1) is 23.7 Å². The highest BCUT2D eigenvalue weighted by Gasteiger charge is 2.15. The Bertz CT molecular complexity index is 365. The molecule has 0 saturated heterocycles. The number of unbranched alkanes of at least 4 members (excludes halogenated alkanes) is 1. The maximum atomic E-state index is 8.87. The minimum absolute atomic E-state index is 0.209. The minimum atomic E-state index is -0.209. The van der Waals surface area contributed by atoms with Gasteiger partial charge in [-0.1, -0.05) is 6.42 Å². The third kappa shape index (κ3) is 3.58. The molecule has 1 aromatic rings. The van der Waals surface area contributed by atoms with E-state index in [4.69, 9.17) is 11.0 Å². The van der Waals surface area contributed by atoms with Crippen molar-refractivity contribution >= 4 is 5.82 Å². The molecule has 0 unspecified atom stereocenters. The zero-order valence-electron chi connectivity index (χ0n) is 10.3. The average molecular weight is 220 g/mol. The van der Waals surface area contributed by atoms with Crippen LogP contribution in [-0.4, -0.2) is 9.78 Å². The molecule has 0 aromatic carbocycles. The van der Waals surface area contributed by atoms with Crippen molar-refractivity contribution in [3.63, 3.8) is 0 Å². The van der Waals surface area contributed by atoms with E-state index in [1.54, 1.807) is 0 Å². The SMILES string of the molecule is Cc1cn(CCCCC(C)(C)C#N)nc1N. The Hall–Kier alpha value is -1.50. The summed E-state index contributed by atoms with van der Waals surface area (Å²) in [6.45, 7) is 6.78. The van der Waals surface area contributed by atoms with Crippen molar-refractivity contribution in [1.29, 1.82) is 5.26 Å². The van der Waals surface area contributed by atoms with Gasteiger partial charge in [-0.15, -0.1) is 0 Å². The largest absolute Gasteiger partial charge is 0.382 e. The second-order valence-electron chi connectivity index (χ2n) is 4.91. The quantitative estimate of drug-likeness (QED) is 0.775. The van der Waals surface area contributed by atoms with Crippen molar-refractivity contribution < 1.29 is 0 Å². The zero-order chi connectivity index (χ0) is 12.2. The van der Waals surface area contributed by atoms with Gasteiger partial charge in [0.15, 0.2) is 0 Å². The van der Waals surface area contributed by atoms with E-state index in [2.05, 4.69) is 11.2 Å². The van der Waals surface area contributed by atoms with Crippen LogP contribution < -0.4 is 5.73 Å². The summed E-state index contributed by atoms with van der Waals surface area (Å²) in [5, 5.41) is 13.1. The van der Waals surface area contributed by atoms with Gasteiger partial charge in [0, 0.05) is 18.3 Å². The number of aromatic nitrogens is 2. The molecule has 0 amide bonds. The summed E-state index contributed by atoms with van der Waals surface area (Å²) in [4.78, 5) is 0. The molecule has 1 aromatic heterocycles. The Morgan fingerprint density at radius 1 is 1.50 bits per heavy atom. The summed E-state index contributed by atoms with van der Waals surface area (Å²) < 4.78 is 1.88. The lowest BCUT2D eigenvalue weighted by Crippen LogP contribution is -2.08.